The van der Waals surface area contributed by atoms with Gasteiger partial charge in [-0.2, -0.15) is 10.2 Å². The van der Waals surface area contributed by atoms with Crippen molar-refractivity contribution in [3.63, 3.8) is 0 Å². The average Bonchev–Trinajstić information content (AvgIpc) is 3.25. The highest BCUT2D eigenvalue weighted by Crippen LogP contribution is 2.16. The summed E-state index contributed by atoms with van der Waals surface area (Å²) in [7, 11) is 0. The molecule has 10 nitrogen and oxygen atoms in total. The second-order valence-electron chi connectivity index (χ2n) is 4.84. The third-order valence-electron chi connectivity index (χ3n) is 3.18. The average molecular weight is 327 g/mol. The van der Waals surface area contributed by atoms with Crippen LogP contribution in [0.3, 0.4) is 0 Å². The predicted molar refractivity (Wildman–Crippen MR) is 83.5 cm³/mol. The SMILES string of the molecule is O=C(CCn1cc([N+](=O)[O-])cn1)Nc1cccnc1-n1cccn1. The second kappa shape index (κ2) is 6.69. The van der Waals surface area contributed by atoms with Gasteiger partial charge in [-0.25, -0.2) is 9.67 Å². The highest BCUT2D eigenvalue weighted by Gasteiger charge is 2.12. The molecule has 122 valence electrons. The summed E-state index contributed by atoms with van der Waals surface area (Å²) in [6.07, 6.45) is 7.49. The molecule has 0 radical (unpaired) electrons. The first kappa shape index (κ1) is 15.3. The number of amides is 1. The van der Waals surface area contributed by atoms with E-state index in [1.807, 2.05) is 0 Å². The van der Waals surface area contributed by atoms with Crippen LogP contribution in [0, 0.1) is 10.1 Å². The van der Waals surface area contributed by atoms with E-state index in [0.717, 1.165) is 6.20 Å². The normalized spacial score (nSPS) is 10.5. The number of anilines is 1. The number of nitrogens with one attached hydrogen (secondary N) is 1. The van der Waals surface area contributed by atoms with Crippen LogP contribution in [0.25, 0.3) is 5.82 Å². The first-order chi connectivity index (χ1) is 11.6. The van der Waals surface area contributed by atoms with Crippen molar-refractivity contribution in [3.05, 3.63) is 59.3 Å². The zero-order valence-electron chi connectivity index (χ0n) is 12.4. The van der Waals surface area contributed by atoms with Crippen molar-refractivity contribution in [2.24, 2.45) is 0 Å². The molecule has 1 N–H and O–H groups in total. The summed E-state index contributed by atoms with van der Waals surface area (Å²) in [5, 5.41) is 21.3. The number of hydrogen-bond donors (Lipinski definition) is 1. The van der Waals surface area contributed by atoms with Crippen LogP contribution < -0.4 is 5.32 Å². The summed E-state index contributed by atoms with van der Waals surface area (Å²) in [4.78, 5) is 26.4. The van der Waals surface area contributed by atoms with Gasteiger partial charge in [0.15, 0.2) is 5.82 Å². The number of carbonyl (C=O) groups excluding carboxylic acids is 1. The summed E-state index contributed by atoms with van der Waals surface area (Å²) in [6, 6.07) is 5.19. The van der Waals surface area contributed by atoms with E-state index in [1.54, 1.807) is 41.5 Å². The monoisotopic (exact) mass is 327 g/mol. The van der Waals surface area contributed by atoms with Gasteiger partial charge in [-0.05, 0) is 18.2 Å². The topological polar surface area (TPSA) is 121 Å². The van der Waals surface area contributed by atoms with E-state index in [-0.39, 0.29) is 24.6 Å². The number of carbonyl (C=O) groups is 1. The minimum absolute atomic E-state index is 0.108. The van der Waals surface area contributed by atoms with Crippen molar-refractivity contribution < 1.29 is 9.72 Å². The molecule has 3 aromatic rings. The molecule has 0 aliphatic carbocycles. The van der Waals surface area contributed by atoms with Gasteiger partial charge in [0.25, 0.3) is 0 Å². The number of pyridine rings is 1. The van der Waals surface area contributed by atoms with Crippen molar-refractivity contribution in [1.29, 1.82) is 0 Å². The lowest BCUT2D eigenvalue weighted by Crippen LogP contribution is -2.16. The summed E-state index contributed by atoms with van der Waals surface area (Å²) in [5.41, 5.74) is 0.418. The molecular formula is C14H13N7O3. The van der Waals surface area contributed by atoms with E-state index in [9.17, 15) is 14.9 Å². The Morgan fingerprint density at radius 3 is 2.88 bits per heavy atom. The van der Waals surface area contributed by atoms with Crippen LogP contribution in [-0.4, -0.2) is 35.4 Å². The Morgan fingerprint density at radius 2 is 2.17 bits per heavy atom. The fourth-order valence-electron chi connectivity index (χ4n) is 2.07. The molecule has 0 saturated heterocycles. The molecule has 0 saturated carbocycles. The van der Waals surface area contributed by atoms with Gasteiger partial charge in [0.1, 0.15) is 12.4 Å². The third kappa shape index (κ3) is 3.43. The molecule has 0 aliphatic heterocycles. The van der Waals surface area contributed by atoms with Crippen molar-refractivity contribution in [3.8, 4) is 5.82 Å². The summed E-state index contributed by atoms with van der Waals surface area (Å²) >= 11 is 0. The van der Waals surface area contributed by atoms with Gasteiger partial charge in [-0.3, -0.25) is 19.6 Å². The fraction of sp³-hybridized carbons (Fsp3) is 0.143. The summed E-state index contributed by atoms with van der Waals surface area (Å²) in [6.45, 7) is 0.233. The predicted octanol–water partition coefficient (Wildman–Crippen LogP) is 1.40. The highest BCUT2D eigenvalue weighted by molar-refractivity contribution is 5.92. The lowest BCUT2D eigenvalue weighted by Gasteiger charge is -2.09. The van der Waals surface area contributed by atoms with Gasteiger partial charge in [-0.15, -0.1) is 0 Å². The maximum Gasteiger partial charge on any atom is 0.306 e. The van der Waals surface area contributed by atoms with Crippen molar-refractivity contribution in [1.82, 2.24) is 24.5 Å². The van der Waals surface area contributed by atoms with Crippen LogP contribution in [-0.2, 0) is 11.3 Å². The van der Waals surface area contributed by atoms with Crippen LogP contribution in [0.2, 0.25) is 0 Å². The minimum Gasteiger partial charge on any atom is -0.323 e. The largest absolute Gasteiger partial charge is 0.323 e. The van der Waals surface area contributed by atoms with Gasteiger partial charge in [0, 0.05) is 31.6 Å². The maximum atomic E-state index is 12.1. The smallest absolute Gasteiger partial charge is 0.306 e. The molecule has 10 heteroatoms. The van der Waals surface area contributed by atoms with E-state index >= 15 is 0 Å². The van der Waals surface area contributed by atoms with Crippen LogP contribution >= 0.6 is 0 Å². The molecule has 0 aliphatic rings. The first-order valence-corrected chi connectivity index (χ1v) is 7.05. The van der Waals surface area contributed by atoms with E-state index in [1.165, 1.54) is 10.9 Å². The summed E-state index contributed by atoms with van der Waals surface area (Å²) in [5.74, 6) is 0.250. The minimum atomic E-state index is -0.532. The van der Waals surface area contributed by atoms with Crippen LogP contribution in [0.1, 0.15) is 6.42 Å². The Labute approximate surface area is 135 Å². The van der Waals surface area contributed by atoms with Gasteiger partial charge in [0.2, 0.25) is 5.91 Å². The Balaban J connectivity index is 1.64. The number of rotatable bonds is 6. The molecule has 0 spiro atoms. The molecule has 0 unspecified atom stereocenters. The van der Waals surface area contributed by atoms with Crippen LogP contribution in [0.4, 0.5) is 11.4 Å². The molecule has 3 heterocycles. The molecule has 1 amide bonds. The van der Waals surface area contributed by atoms with Gasteiger partial charge in [-0.1, -0.05) is 0 Å². The van der Waals surface area contributed by atoms with Crippen molar-refractivity contribution in [2.75, 3.05) is 5.32 Å². The van der Waals surface area contributed by atoms with Crippen molar-refractivity contribution in [2.45, 2.75) is 13.0 Å². The Hall–Kier alpha value is -3.56. The van der Waals surface area contributed by atoms with Gasteiger partial charge in [0.05, 0.1) is 10.6 Å². The Bertz CT molecular complexity index is 857. The van der Waals surface area contributed by atoms with Crippen molar-refractivity contribution >= 4 is 17.3 Å². The Kier molecular flexibility index (Phi) is 4.27. The van der Waals surface area contributed by atoms with Crippen LogP contribution in [0.15, 0.2) is 49.2 Å². The first-order valence-electron chi connectivity index (χ1n) is 7.05. The molecule has 0 fully saturated rings. The van der Waals surface area contributed by atoms with E-state index < -0.39 is 4.92 Å². The van der Waals surface area contributed by atoms with Gasteiger partial charge >= 0.3 is 5.69 Å². The lowest BCUT2D eigenvalue weighted by atomic mass is 10.3. The fourth-order valence-corrected chi connectivity index (χ4v) is 2.07. The molecule has 24 heavy (non-hydrogen) atoms. The number of aromatic nitrogens is 5. The number of nitro groups is 1. The van der Waals surface area contributed by atoms with Crippen LogP contribution in [0.5, 0.6) is 0 Å². The summed E-state index contributed by atoms with van der Waals surface area (Å²) < 4.78 is 2.90. The standard InChI is InChI=1S/C14H13N7O3/c22-13(4-8-19-10-11(9-17-19)21(23)24)18-12-3-1-5-15-14(12)20-7-2-6-16-20/h1-3,5-7,9-10H,4,8H2,(H,18,22). The number of hydrogen-bond acceptors (Lipinski definition) is 6. The van der Waals surface area contributed by atoms with E-state index in [2.05, 4.69) is 20.5 Å². The van der Waals surface area contributed by atoms with E-state index in [0.29, 0.717) is 11.5 Å². The van der Waals surface area contributed by atoms with Gasteiger partial charge < -0.3 is 5.32 Å². The zero-order chi connectivity index (χ0) is 16.9. The lowest BCUT2D eigenvalue weighted by molar-refractivity contribution is -0.385. The molecule has 3 rings (SSSR count). The molecule has 3 aromatic heterocycles. The number of nitrogens with zero attached hydrogens (tertiary/aromatic N) is 6. The molecular weight excluding hydrogens is 314 g/mol. The quantitative estimate of drug-likeness (QED) is 0.539. The Morgan fingerprint density at radius 1 is 1.29 bits per heavy atom. The second-order valence-corrected chi connectivity index (χ2v) is 4.84. The highest BCUT2D eigenvalue weighted by atomic mass is 16.6. The van der Waals surface area contributed by atoms with E-state index in [4.69, 9.17) is 0 Å². The molecule has 0 aromatic carbocycles. The number of aryl methyl sites for hydroxylation is 1. The zero-order valence-corrected chi connectivity index (χ0v) is 12.4. The molecule has 0 atom stereocenters. The maximum absolute atomic E-state index is 12.1. The molecule has 0 bridgehead atoms. The third-order valence-corrected chi connectivity index (χ3v) is 3.18.